The van der Waals surface area contributed by atoms with Gasteiger partial charge in [0.1, 0.15) is 5.84 Å². The Morgan fingerprint density at radius 3 is 2.43 bits per heavy atom. The minimum Gasteiger partial charge on any atom is -0.481 e. The fourth-order valence-electron chi connectivity index (χ4n) is 7.33. The van der Waals surface area contributed by atoms with Crippen LogP contribution in [0.15, 0.2) is 69.5 Å². The first-order chi connectivity index (χ1) is 23.6. The Hall–Kier alpha value is -4.43. The summed E-state index contributed by atoms with van der Waals surface area (Å²) in [4.78, 5) is 62.8. The highest BCUT2D eigenvalue weighted by Crippen LogP contribution is 2.43. The zero-order valence-corrected chi connectivity index (χ0v) is 28.1. The molecule has 7 rings (SSSR count). The van der Waals surface area contributed by atoms with E-state index in [1.807, 2.05) is 6.07 Å². The Labute approximate surface area is 285 Å². The molecule has 14 heteroatoms. The third-order valence-corrected chi connectivity index (χ3v) is 11.8. The Morgan fingerprint density at radius 1 is 0.939 bits per heavy atom. The van der Waals surface area contributed by atoms with Crippen LogP contribution >= 0.6 is 0 Å². The van der Waals surface area contributed by atoms with Crippen LogP contribution in [-0.2, 0) is 24.4 Å². The number of hydrogen-bond donors (Lipinski definition) is 3. The van der Waals surface area contributed by atoms with E-state index in [-0.39, 0.29) is 42.0 Å². The third kappa shape index (κ3) is 7.75. The number of nitrogens with one attached hydrogen (secondary N) is 2. The minimum atomic E-state index is -3.98. The maximum atomic E-state index is 13.7. The molecule has 1 saturated carbocycles. The number of carbonyl (C=O) groups excluding carboxylic acids is 3. The highest BCUT2D eigenvalue weighted by molar-refractivity contribution is 7.89. The number of guanidine groups is 1. The smallest absolute Gasteiger partial charge is 0.308 e. The van der Waals surface area contributed by atoms with E-state index in [4.69, 9.17) is 0 Å². The molecule has 13 nitrogen and oxygen atoms in total. The second-order valence-electron chi connectivity index (χ2n) is 13.1. The van der Waals surface area contributed by atoms with E-state index in [1.165, 1.54) is 16.4 Å². The number of piperidine rings is 2. The predicted molar refractivity (Wildman–Crippen MR) is 183 cm³/mol. The maximum Gasteiger partial charge on any atom is 0.308 e. The lowest BCUT2D eigenvalue weighted by molar-refractivity contribution is -0.145. The molecule has 1 aliphatic carbocycles. The van der Waals surface area contributed by atoms with Crippen molar-refractivity contribution in [1.82, 2.24) is 14.5 Å². The van der Waals surface area contributed by atoms with Crippen molar-refractivity contribution in [3.8, 4) is 0 Å². The van der Waals surface area contributed by atoms with Gasteiger partial charge in [-0.2, -0.15) is 4.31 Å². The van der Waals surface area contributed by atoms with Gasteiger partial charge in [0.05, 0.1) is 23.4 Å². The average Bonchev–Trinajstić information content (AvgIpc) is 3.82. The van der Waals surface area contributed by atoms with Gasteiger partial charge in [0.15, 0.2) is 11.6 Å². The molecule has 49 heavy (non-hydrogen) atoms. The quantitative estimate of drug-likeness (QED) is 0.266. The number of amides is 1. The van der Waals surface area contributed by atoms with E-state index in [9.17, 15) is 32.7 Å². The van der Waals surface area contributed by atoms with E-state index in [1.54, 1.807) is 36.4 Å². The first-order valence-electron chi connectivity index (χ1n) is 17.0. The lowest BCUT2D eigenvalue weighted by Gasteiger charge is -2.49. The zero-order valence-electron chi connectivity index (χ0n) is 27.3. The summed E-state index contributed by atoms with van der Waals surface area (Å²) in [6.45, 7) is 1.90. The fourth-order valence-corrected chi connectivity index (χ4v) is 9.26. The number of rotatable bonds is 13. The summed E-state index contributed by atoms with van der Waals surface area (Å²) >= 11 is 0. The van der Waals surface area contributed by atoms with Crippen molar-refractivity contribution in [3.05, 3.63) is 60.2 Å². The number of fused-ring (bicyclic) bond motifs is 3. The molecule has 2 saturated heterocycles. The number of ketones is 2. The van der Waals surface area contributed by atoms with Crippen LogP contribution in [0.4, 0.5) is 5.69 Å². The number of benzene rings is 2. The summed E-state index contributed by atoms with van der Waals surface area (Å²) in [5.41, 5.74) is 1.11. The van der Waals surface area contributed by atoms with Gasteiger partial charge in [-0.05, 0) is 62.3 Å². The third-order valence-electron chi connectivity index (χ3n) is 9.84. The largest absolute Gasteiger partial charge is 0.481 e. The molecule has 3 fully saturated rings. The molecule has 4 aliphatic heterocycles. The summed E-state index contributed by atoms with van der Waals surface area (Å²) in [5, 5.41) is 15.8. The minimum absolute atomic E-state index is 0.0900. The molecular formula is C35H42N6O7S. The van der Waals surface area contributed by atoms with E-state index in [0.29, 0.717) is 49.4 Å². The summed E-state index contributed by atoms with van der Waals surface area (Å²) in [7, 11) is -3.98. The van der Waals surface area contributed by atoms with Gasteiger partial charge in [-0.3, -0.25) is 34.1 Å². The van der Waals surface area contributed by atoms with Crippen molar-refractivity contribution < 1.29 is 32.7 Å². The SMILES string of the molecule is O=C(CCC(=O)c1cccc(NC2=NCCN2C2=NCCC2)c1)NCC(CC(=O)C1C2CCC(CC2)N1S(=O)(=O)c1ccccc1)C(=O)O. The van der Waals surface area contributed by atoms with Crippen molar-refractivity contribution in [3.63, 3.8) is 0 Å². The second kappa shape index (κ2) is 15.0. The van der Waals surface area contributed by atoms with Crippen molar-refractivity contribution in [2.75, 3.05) is 31.5 Å². The topological polar surface area (TPSA) is 178 Å². The zero-order chi connectivity index (χ0) is 34.5. The number of carboxylic acid groups (broad SMARTS) is 1. The van der Waals surface area contributed by atoms with E-state index >= 15 is 0 Å². The molecule has 0 radical (unpaired) electrons. The molecule has 4 heterocycles. The van der Waals surface area contributed by atoms with E-state index in [0.717, 1.165) is 31.8 Å². The van der Waals surface area contributed by atoms with Crippen molar-refractivity contribution in [2.45, 2.75) is 74.8 Å². The number of hydrogen-bond acceptors (Lipinski definition) is 10. The molecular weight excluding hydrogens is 648 g/mol. The second-order valence-corrected chi connectivity index (χ2v) is 14.9. The number of sulfonamides is 1. The lowest BCUT2D eigenvalue weighted by atomic mass is 9.74. The van der Waals surface area contributed by atoms with Gasteiger partial charge in [0.25, 0.3) is 0 Å². The van der Waals surface area contributed by atoms with Gasteiger partial charge in [-0.25, -0.2) is 8.42 Å². The van der Waals surface area contributed by atoms with Gasteiger partial charge in [-0.15, -0.1) is 0 Å². The Kier molecular flexibility index (Phi) is 10.5. The van der Waals surface area contributed by atoms with Gasteiger partial charge in [0, 0.05) is 62.6 Å². The molecule has 2 aromatic rings. The summed E-state index contributed by atoms with van der Waals surface area (Å²) in [5.74, 6) is -2.22. The van der Waals surface area contributed by atoms with Crippen LogP contribution in [0.25, 0.3) is 0 Å². The van der Waals surface area contributed by atoms with E-state index < -0.39 is 46.1 Å². The number of nitrogens with zero attached hydrogens (tertiary/aromatic N) is 4. The molecule has 2 bridgehead atoms. The molecule has 0 aromatic heterocycles. The molecule has 2 unspecified atom stereocenters. The first-order valence-corrected chi connectivity index (χ1v) is 18.4. The molecule has 2 atom stereocenters. The van der Waals surface area contributed by atoms with Crippen LogP contribution in [0.3, 0.4) is 0 Å². The van der Waals surface area contributed by atoms with Gasteiger partial charge in [0.2, 0.25) is 21.9 Å². The number of amidine groups is 1. The molecule has 3 N–H and O–H groups in total. The summed E-state index contributed by atoms with van der Waals surface area (Å²) in [6, 6.07) is 13.7. The fraction of sp³-hybridized carbons (Fsp3) is 0.486. The predicted octanol–water partition coefficient (Wildman–Crippen LogP) is 3.33. The first kappa shape index (κ1) is 34.4. The van der Waals surface area contributed by atoms with Crippen LogP contribution in [0.1, 0.15) is 68.1 Å². The van der Waals surface area contributed by atoms with Gasteiger partial charge >= 0.3 is 5.97 Å². The lowest BCUT2D eigenvalue weighted by Crippen LogP contribution is -2.60. The number of aliphatic carboxylic acids is 1. The molecule has 5 aliphatic rings. The highest BCUT2D eigenvalue weighted by Gasteiger charge is 2.51. The number of aliphatic imine (C=N–C) groups is 2. The monoisotopic (exact) mass is 690 g/mol. The molecule has 1 amide bonds. The Balaban J connectivity index is 1.02. The summed E-state index contributed by atoms with van der Waals surface area (Å²) in [6.07, 6.45) is 3.97. The van der Waals surface area contributed by atoms with Crippen molar-refractivity contribution >= 4 is 50.9 Å². The molecule has 0 spiro atoms. The van der Waals surface area contributed by atoms with Crippen LogP contribution in [0.2, 0.25) is 0 Å². The number of carboxylic acids is 1. The summed E-state index contributed by atoms with van der Waals surface area (Å²) < 4.78 is 28.7. The molecule has 2 aromatic carbocycles. The number of carbonyl (C=O) groups is 4. The van der Waals surface area contributed by atoms with Gasteiger partial charge < -0.3 is 15.7 Å². The van der Waals surface area contributed by atoms with E-state index in [2.05, 4.69) is 25.5 Å². The maximum absolute atomic E-state index is 13.7. The Bertz CT molecular complexity index is 1750. The number of Topliss-reactive ketones (excluding diaryl/α,β-unsaturated/α-hetero) is 2. The van der Waals surface area contributed by atoms with Crippen LogP contribution in [0, 0.1) is 11.8 Å². The average molecular weight is 691 g/mol. The van der Waals surface area contributed by atoms with Gasteiger partial charge in [-0.1, -0.05) is 30.3 Å². The van der Waals surface area contributed by atoms with Crippen molar-refractivity contribution in [2.24, 2.45) is 21.8 Å². The molecule has 260 valence electrons. The van der Waals surface area contributed by atoms with Crippen LogP contribution in [0.5, 0.6) is 0 Å². The number of anilines is 1. The van der Waals surface area contributed by atoms with Crippen molar-refractivity contribution in [1.29, 1.82) is 0 Å². The standard InChI is InChI=1S/C35H42N6O7S/c42-29(24-6-4-7-26(20-24)39-35-37-18-19-40(35)31-10-5-17-36-31)15-16-32(44)38-22-25(34(45)46)21-30(43)33-23-11-13-27(14-12-23)41(33)49(47,48)28-8-2-1-3-9-28/h1-4,6-9,20,23,25,27,33H,5,10-19,21-22H2,(H,37,39)(H,38,44)(H,45,46). The Morgan fingerprint density at radius 2 is 1.71 bits per heavy atom. The van der Waals surface area contributed by atoms with Crippen LogP contribution in [-0.4, -0.2) is 96.2 Å². The highest BCUT2D eigenvalue weighted by atomic mass is 32.2. The van der Waals surface area contributed by atoms with Crippen LogP contribution < -0.4 is 10.6 Å². The normalized spacial score (nSPS) is 22.7.